The van der Waals surface area contributed by atoms with Crippen molar-refractivity contribution in [3.8, 4) is 0 Å². The SMILES string of the molecule is CCC(O)(Cc1ccc(F)cc1)C(C)CN1CCN(c2cccc(Cl)c2)CC1. The summed E-state index contributed by atoms with van der Waals surface area (Å²) >= 11 is 6.12. The third-order valence-electron chi connectivity index (χ3n) is 6.03. The Morgan fingerprint density at radius 3 is 2.39 bits per heavy atom. The van der Waals surface area contributed by atoms with E-state index in [4.69, 9.17) is 11.6 Å². The minimum absolute atomic E-state index is 0.125. The van der Waals surface area contributed by atoms with Crippen molar-refractivity contribution < 1.29 is 9.50 Å². The molecule has 152 valence electrons. The van der Waals surface area contributed by atoms with Crippen LogP contribution < -0.4 is 4.90 Å². The molecule has 3 nitrogen and oxygen atoms in total. The molecule has 2 aromatic carbocycles. The van der Waals surface area contributed by atoms with Crippen LogP contribution in [0.5, 0.6) is 0 Å². The number of anilines is 1. The summed E-state index contributed by atoms with van der Waals surface area (Å²) in [7, 11) is 0. The molecule has 0 amide bonds. The van der Waals surface area contributed by atoms with Crippen molar-refractivity contribution in [2.45, 2.75) is 32.3 Å². The van der Waals surface area contributed by atoms with Crippen LogP contribution in [0.3, 0.4) is 0 Å². The highest BCUT2D eigenvalue weighted by Crippen LogP contribution is 2.28. The third kappa shape index (κ3) is 5.25. The van der Waals surface area contributed by atoms with Crippen molar-refractivity contribution in [1.82, 2.24) is 4.90 Å². The van der Waals surface area contributed by atoms with Gasteiger partial charge in [0.15, 0.2) is 0 Å². The Morgan fingerprint density at radius 1 is 1.11 bits per heavy atom. The second kappa shape index (κ2) is 9.25. The molecule has 0 radical (unpaired) electrons. The summed E-state index contributed by atoms with van der Waals surface area (Å²) in [5.41, 5.74) is 1.35. The van der Waals surface area contributed by atoms with E-state index in [1.807, 2.05) is 25.1 Å². The number of halogens is 2. The van der Waals surface area contributed by atoms with Crippen molar-refractivity contribution in [2.24, 2.45) is 5.92 Å². The summed E-state index contributed by atoms with van der Waals surface area (Å²) in [5.74, 6) is -0.116. The number of hydrogen-bond acceptors (Lipinski definition) is 3. The molecule has 0 saturated carbocycles. The maximum absolute atomic E-state index is 13.2. The zero-order chi connectivity index (χ0) is 20.1. The summed E-state index contributed by atoms with van der Waals surface area (Å²) in [6.07, 6.45) is 1.22. The Hall–Kier alpha value is -1.62. The second-order valence-electron chi connectivity index (χ2n) is 7.93. The van der Waals surface area contributed by atoms with Gasteiger partial charge in [0.25, 0.3) is 0 Å². The molecule has 2 unspecified atom stereocenters. The minimum Gasteiger partial charge on any atom is -0.389 e. The van der Waals surface area contributed by atoms with Gasteiger partial charge in [-0.15, -0.1) is 0 Å². The molecular formula is C23H30ClFN2O. The Labute approximate surface area is 172 Å². The Bertz CT molecular complexity index is 761. The van der Waals surface area contributed by atoms with Gasteiger partial charge in [0.1, 0.15) is 5.82 Å². The van der Waals surface area contributed by atoms with Gasteiger partial charge in [-0.25, -0.2) is 4.39 Å². The van der Waals surface area contributed by atoms with Gasteiger partial charge in [-0.3, -0.25) is 4.90 Å². The lowest BCUT2D eigenvalue weighted by molar-refractivity contribution is -0.0281. The molecular weight excluding hydrogens is 375 g/mol. The highest BCUT2D eigenvalue weighted by molar-refractivity contribution is 6.30. The van der Waals surface area contributed by atoms with Gasteiger partial charge >= 0.3 is 0 Å². The van der Waals surface area contributed by atoms with Gasteiger partial charge in [-0.2, -0.15) is 0 Å². The smallest absolute Gasteiger partial charge is 0.123 e. The Morgan fingerprint density at radius 2 is 1.79 bits per heavy atom. The Balaban J connectivity index is 1.56. The maximum Gasteiger partial charge on any atom is 0.123 e. The normalized spacial score (nSPS) is 18.7. The average molecular weight is 405 g/mol. The molecule has 3 rings (SSSR count). The standard InChI is InChI=1S/C23H30ClFN2O/c1-3-23(28,16-19-7-9-21(25)10-8-19)18(2)17-26-11-13-27(14-12-26)22-6-4-5-20(24)15-22/h4-10,15,18,28H,3,11-14,16-17H2,1-2H3. The molecule has 2 atom stereocenters. The Kier molecular flexibility index (Phi) is 6.97. The fourth-order valence-electron chi connectivity index (χ4n) is 4.02. The van der Waals surface area contributed by atoms with E-state index < -0.39 is 5.60 Å². The number of benzene rings is 2. The third-order valence-corrected chi connectivity index (χ3v) is 6.27. The quantitative estimate of drug-likeness (QED) is 0.729. The topological polar surface area (TPSA) is 26.7 Å². The summed E-state index contributed by atoms with van der Waals surface area (Å²) in [6, 6.07) is 14.5. The number of rotatable bonds is 7. The van der Waals surface area contributed by atoms with E-state index in [0.717, 1.165) is 43.3 Å². The van der Waals surface area contributed by atoms with Crippen molar-refractivity contribution in [3.63, 3.8) is 0 Å². The predicted octanol–water partition coefficient (Wildman–Crippen LogP) is 4.62. The van der Waals surface area contributed by atoms with E-state index in [2.05, 4.69) is 22.8 Å². The van der Waals surface area contributed by atoms with Crippen LogP contribution in [0, 0.1) is 11.7 Å². The van der Waals surface area contributed by atoms with Crippen molar-refractivity contribution in [3.05, 3.63) is 64.9 Å². The molecule has 0 spiro atoms. The van der Waals surface area contributed by atoms with E-state index in [-0.39, 0.29) is 11.7 Å². The van der Waals surface area contributed by atoms with Gasteiger partial charge in [0.05, 0.1) is 5.60 Å². The van der Waals surface area contributed by atoms with Crippen LogP contribution in [0.4, 0.5) is 10.1 Å². The van der Waals surface area contributed by atoms with E-state index in [1.54, 1.807) is 12.1 Å². The van der Waals surface area contributed by atoms with Crippen molar-refractivity contribution >= 4 is 17.3 Å². The van der Waals surface area contributed by atoms with Crippen LogP contribution in [0.2, 0.25) is 5.02 Å². The average Bonchev–Trinajstić information content (AvgIpc) is 2.70. The summed E-state index contributed by atoms with van der Waals surface area (Å²) in [6.45, 7) is 8.84. The lowest BCUT2D eigenvalue weighted by Gasteiger charge is -2.41. The molecule has 1 aliphatic rings. The molecule has 28 heavy (non-hydrogen) atoms. The number of hydrogen-bond donors (Lipinski definition) is 1. The fourth-order valence-corrected chi connectivity index (χ4v) is 4.21. The largest absolute Gasteiger partial charge is 0.389 e. The lowest BCUT2D eigenvalue weighted by Crippen LogP contribution is -2.51. The van der Waals surface area contributed by atoms with Crippen LogP contribution in [0.25, 0.3) is 0 Å². The van der Waals surface area contributed by atoms with Gasteiger partial charge < -0.3 is 10.0 Å². The highest BCUT2D eigenvalue weighted by atomic mass is 35.5. The molecule has 5 heteroatoms. The summed E-state index contributed by atoms with van der Waals surface area (Å²) < 4.78 is 13.2. The van der Waals surface area contributed by atoms with Crippen LogP contribution in [0.15, 0.2) is 48.5 Å². The predicted molar refractivity (Wildman–Crippen MR) is 115 cm³/mol. The number of piperazine rings is 1. The minimum atomic E-state index is -0.790. The summed E-state index contributed by atoms with van der Waals surface area (Å²) in [5, 5.41) is 12.0. The van der Waals surface area contributed by atoms with Crippen LogP contribution >= 0.6 is 11.6 Å². The molecule has 1 aliphatic heterocycles. The first-order valence-electron chi connectivity index (χ1n) is 10.1. The first-order valence-corrected chi connectivity index (χ1v) is 10.5. The molecule has 1 fully saturated rings. The molecule has 1 saturated heterocycles. The van der Waals surface area contributed by atoms with Gasteiger partial charge in [0, 0.05) is 49.9 Å². The van der Waals surface area contributed by atoms with E-state index in [0.29, 0.717) is 12.8 Å². The number of aliphatic hydroxyl groups is 1. The molecule has 1 N–H and O–H groups in total. The first kappa shape index (κ1) is 21.1. The highest BCUT2D eigenvalue weighted by Gasteiger charge is 2.34. The first-order chi connectivity index (χ1) is 13.4. The van der Waals surface area contributed by atoms with E-state index in [1.165, 1.54) is 17.8 Å². The van der Waals surface area contributed by atoms with Crippen molar-refractivity contribution in [2.75, 3.05) is 37.6 Å². The van der Waals surface area contributed by atoms with Gasteiger partial charge in [-0.05, 0) is 48.2 Å². The maximum atomic E-state index is 13.2. The monoisotopic (exact) mass is 404 g/mol. The zero-order valence-corrected chi connectivity index (χ0v) is 17.5. The van der Waals surface area contributed by atoms with Gasteiger partial charge in [0.2, 0.25) is 0 Å². The van der Waals surface area contributed by atoms with Gasteiger partial charge in [-0.1, -0.05) is 43.6 Å². The van der Waals surface area contributed by atoms with Crippen molar-refractivity contribution in [1.29, 1.82) is 0 Å². The van der Waals surface area contributed by atoms with Crippen LogP contribution in [-0.4, -0.2) is 48.3 Å². The number of nitrogens with zero attached hydrogens (tertiary/aromatic N) is 2. The van der Waals surface area contributed by atoms with Crippen LogP contribution in [-0.2, 0) is 6.42 Å². The van der Waals surface area contributed by atoms with E-state index in [9.17, 15) is 9.50 Å². The molecule has 0 aromatic heterocycles. The second-order valence-corrected chi connectivity index (χ2v) is 8.37. The molecule has 1 heterocycles. The molecule has 0 aliphatic carbocycles. The molecule has 0 bridgehead atoms. The van der Waals surface area contributed by atoms with E-state index >= 15 is 0 Å². The lowest BCUT2D eigenvalue weighted by atomic mass is 9.80. The fraction of sp³-hybridized carbons (Fsp3) is 0.478. The zero-order valence-electron chi connectivity index (χ0n) is 16.7. The molecule has 2 aromatic rings. The van der Waals surface area contributed by atoms with Crippen LogP contribution in [0.1, 0.15) is 25.8 Å². The summed E-state index contributed by atoms with van der Waals surface area (Å²) in [4.78, 5) is 4.79.